The third kappa shape index (κ3) is 3.24. The number of nitrogens with one attached hydrogen (secondary N) is 1. The fourth-order valence-electron chi connectivity index (χ4n) is 6.67. The predicted molar refractivity (Wildman–Crippen MR) is 119 cm³/mol. The first-order chi connectivity index (χ1) is 13.7. The normalized spacial score (nSPS) is 33.1. The van der Waals surface area contributed by atoms with Gasteiger partial charge in [0, 0.05) is 16.2 Å². The zero-order chi connectivity index (χ0) is 20.4. The highest BCUT2D eigenvalue weighted by Crippen LogP contribution is 2.66. The summed E-state index contributed by atoms with van der Waals surface area (Å²) in [5.74, 6) is 1.67. The minimum Gasteiger partial charge on any atom is -0.302 e. The van der Waals surface area contributed by atoms with Crippen LogP contribution in [0.5, 0.6) is 0 Å². The Balaban J connectivity index is 1.47. The Kier molecular flexibility index (Phi) is 4.26. The van der Waals surface area contributed by atoms with Crippen molar-refractivity contribution in [2.24, 2.45) is 17.3 Å². The zero-order valence-electron chi connectivity index (χ0n) is 18.0. The van der Waals surface area contributed by atoms with E-state index in [-0.39, 0.29) is 11.3 Å². The van der Waals surface area contributed by atoms with E-state index < -0.39 is 5.41 Å². The van der Waals surface area contributed by atoms with Crippen LogP contribution in [-0.2, 0) is 15.6 Å². The van der Waals surface area contributed by atoms with Crippen molar-refractivity contribution in [2.75, 3.05) is 5.32 Å². The summed E-state index contributed by atoms with van der Waals surface area (Å²) in [5.41, 5.74) is 4.22. The highest BCUT2D eigenvalue weighted by atomic mass is 32.1. The lowest BCUT2D eigenvalue weighted by Crippen LogP contribution is -2.56. The number of rotatable bonds is 3. The Morgan fingerprint density at radius 1 is 1.07 bits per heavy atom. The Bertz CT molecular complexity index is 922. The fraction of sp³-hybridized carbons (Fsp3) is 0.600. The maximum absolute atomic E-state index is 12.4. The summed E-state index contributed by atoms with van der Waals surface area (Å²) in [7, 11) is 0. The van der Waals surface area contributed by atoms with Gasteiger partial charge in [0.2, 0.25) is 5.91 Å². The first kappa shape index (κ1) is 19.3. The van der Waals surface area contributed by atoms with Crippen LogP contribution in [0.1, 0.15) is 76.1 Å². The van der Waals surface area contributed by atoms with Gasteiger partial charge < -0.3 is 5.32 Å². The minimum atomic E-state index is -0.401. The molecule has 4 aliphatic rings. The number of carbonyl (C=O) groups is 1. The number of aryl methyl sites for hydroxylation is 1. The van der Waals surface area contributed by atoms with Crippen molar-refractivity contribution in [1.82, 2.24) is 4.98 Å². The molecular weight excluding hydrogens is 376 g/mol. The van der Waals surface area contributed by atoms with Gasteiger partial charge in [-0.15, -0.1) is 11.3 Å². The van der Waals surface area contributed by atoms with E-state index in [4.69, 9.17) is 4.98 Å². The first-order valence-electron chi connectivity index (χ1n) is 11.0. The molecule has 4 heteroatoms. The van der Waals surface area contributed by atoms with E-state index >= 15 is 0 Å². The summed E-state index contributed by atoms with van der Waals surface area (Å²) in [5, 5.41) is 6.04. The van der Waals surface area contributed by atoms with Crippen molar-refractivity contribution < 1.29 is 4.79 Å². The number of anilines is 1. The molecule has 2 atom stereocenters. The molecule has 0 aliphatic heterocycles. The van der Waals surface area contributed by atoms with Gasteiger partial charge in [0.1, 0.15) is 0 Å². The second-order valence-corrected chi connectivity index (χ2v) is 12.0. The van der Waals surface area contributed by atoms with Gasteiger partial charge in [-0.3, -0.25) is 4.79 Å². The second kappa shape index (κ2) is 6.41. The summed E-state index contributed by atoms with van der Waals surface area (Å²) >= 11 is 1.60. The van der Waals surface area contributed by atoms with Crippen LogP contribution in [0.2, 0.25) is 0 Å². The molecule has 1 N–H and O–H groups in total. The molecule has 3 nitrogen and oxygen atoms in total. The Hall–Kier alpha value is -1.68. The third-order valence-corrected chi connectivity index (χ3v) is 8.43. The molecule has 1 amide bonds. The highest BCUT2D eigenvalue weighted by Gasteiger charge is 2.59. The molecule has 4 aliphatic carbocycles. The molecule has 4 bridgehead atoms. The third-order valence-electron chi connectivity index (χ3n) is 7.67. The molecule has 29 heavy (non-hydrogen) atoms. The maximum atomic E-state index is 12.4. The molecule has 154 valence electrons. The van der Waals surface area contributed by atoms with Crippen molar-refractivity contribution in [3.05, 3.63) is 46.5 Å². The van der Waals surface area contributed by atoms with Crippen molar-refractivity contribution in [3.63, 3.8) is 0 Å². The van der Waals surface area contributed by atoms with Gasteiger partial charge in [0.15, 0.2) is 5.13 Å². The summed E-state index contributed by atoms with van der Waals surface area (Å²) in [6.07, 6.45) is 7.83. The molecule has 1 aromatic heterocycles. The van der Waals surface area contributed by atoms with Crippen molar-refractivity contribution in [1.29, 1.82) is 0 Å². The van der Waals surface area contributed by atoms with Crippen LogP contribution in [-0.4, -0.2) is 10.9 Å². The maximum Gasteiger partial charge on any atom is 0.231 e. The molecule has 0 saturated heterocycles. The zero-order valence-corrected chi connectivity index (χ0v) is 18.9. The first-order valence-corrected chi connectivity index (χ1v) is 11.9. The van der Waals surface area contributed by atoms with Crippen molar-refractivity contribution in [3.8, 4) is 0 Å². The van der Waals surface area contributed by atoms with Crippen LogP contribution in [0, 0.1) is 24.2 Å². The van der Waals surface area contributed by atoms with E-state index in [1.807, 2.05) is 20.8 Å². The van der Waals surface area contributed by atoms with Crippen LogP contribution in [0.3, 0.4) is 0 Å². The van der Waals surface area contributed by atoms with Crippen molar-refractivity contribution >= 4 is 22.4 Å². The number of hydrogen-bond donors (Lipinski definition) is 1. The molecule has 0 spiro atoms. The number of benzene rings is 1. The van der Waals surface area contributed by atoms with Gasteiger partial charge in [-0.1, -0.05) is 50.6 Å². The Labute approximate surface area is 178 Å². The molecule has 1 aromatic carbocycles. The monoisotopic (exact) mass is 408 g/mol. The second-order valence-electron chi connectivity index (χ2n) is 11.1. The van der Waals surface area contributed by atoms with E-state index in [0.29, 0.717) is 5.41 Å². The lowest BCUT2D eigenvalue weighted by Gasteiger charge is -2.62. The van der Waals surface area contributed by atoms with Crippen LogP contribution in [0.15, 0.2) is 29.6 Å². The van der Waals surface area contributed by atoms with E-state index in [2.05, 4.69) is 41.9 Å². The Morgan fingerprint density at radius 3 is 2.31 bits per heavy atom. The van der Waals surface area contributed by atoms with Gasteiger partial charge in [0.05, 0.1) is 5.69 Å². The quantitative estimate of drug-likeness (QED) is 0.654. The number of aromatic nitrogens is 1. The summed E-state index contributed by atoms with van der Waals surface area (Å²) in [6, 6.07) is 9.32. The summed E-state index contributed by atoms with van der Waals surface area (Å²) in [6.45, 7) is 8.01. The highest BCUT2D eigenvalue weighted by molar-refractivity contribution is 7.14. The van der Waals surface area contributed by atoms with Gasteiger partial charge >= 0.3 is 0 Å². The Morgan fingerprint density at radius 2 is 1.69 bits per heavy atom. The van der Waals surface area contributed by atoms with Crippen LogP contribution < -0.4 is 5.32 Å². The van der Waals surface area contributed by atoms with E-state index in [1.165, 1.54) is 55.3 Å². The van der Waals surface area contributed by atoms with Crippen molar-refractivity contribution in [2.45, 2.75) is 77.0 Å². The predicted octanol–water partition coefficient (Wildman–Crippen LogP) is 6.23. The number of thiazole rings is 1. The standard InChI is InChI=1S/C25H32N2OS/c1-16-5-7-19(8-6-16)24-10-17-9-18(11-24)13-25(12-17,15-24)20-14-29-22(26-20)27-21(28)23(2,3)4/h5-8,14,17-18H,9-13,15H2,1-4H3,(H,26,27,28). The smallest absolute Gasteiger partial charge is 0.231 e. The van der Waals surface area contributed by atoms with Gasteiger partial charge in [-0.25, -0.2) is 4.98 Å². The van der Waals surface area contributed by atoms with Gasteiger partial charge in [0.25, 0.3) is 0 Å². The molecule has 1 heterocycles. The summed E-state index contributed by atoms with van der Waals surface area (Å²) in [4.78, 5) is 17.4. The molecular formula is C25H32N2OS. The summed E-state index contributed by atoms with van der Waals surface area (Å²) < 4.78 is 0. The SMILES string of the molecule is Cc1ccc(C23CC4CC(C2)CC(c2csc(NC(=O)C(C)(C)C)n2)(C4)C3)cc1. The number of hydrogen-bond acceptors (Lipinski definition) is 3. The average Bonchev–Trinajstić information content (AvgIpc) is 3.10. The van der Waals surface area contributed by atoms with Crippen LogP contribution >= 0.6 is 11.3 Å². The molecule has 6 rings (SSSR count). The lowest BCUT2D eigenvalue weighted by molar-refractivity contribution is -0.123. The van der Waals surface area contributed by atoms with Crippen LogP contribution in [0.25, 0.3) is 0 Å². The molecule has 2 aromatic rings. The van der Waals surface area contributed by atoms with E-state index in [9.17, 15) is 4.79 Å². The average molecular weight is 409 g/mol. The van der Waals surface area contributed by atoms with Crippen LogP contribution in [0.4, 0.5) is 5.13 Å². The number of amides is 1. The topological polar surface area (TPSA) is 42.0 Å². The van der Waals surface area contributed by atoms with Gasteiger partial charge in [-0.2, -0.15) is 0 Å². The number of nitrogens with zero attached hydrogens (tertiary/aromatic N) is 1. The number of carbonyl (C=O) groups excluding carboxylic acids is 1. The van der Waals surface area contributed by atoms with E-state index in [1.54, 1.807) is 11.3 Å². The molecule has 0 radical (unpaired) electrons. The lowest BCUT2D eigenvalue weighted by atomic mass is 9.42. The van der Waals surface area contributed by atoms with Gasteiger partial charge in [-0.05, 0) is 68.3 Å². The largest absolute Gasteiger partial charge is 0.302 e. The molecule has 4 fully saturated rings. The fourth-order valence-corrected chi connectivity index (χ4v) is 7.50. The molecule has 2 unspecified atom stereocenters. The molecule has 4 saturated carbocycles. The van der Waals surface area contributed by atoms with E-state index in [0.717, 1.165) is 17.0 Å². The minimum absolute atomic E-state index is 0.0417.